The lowest BCUT2D eigenvalue weighted by atomic mass is 10.1. The van der Waals surface area contributed by atoms with E-state index in [0.717, 1.165) is 18.7 Å². The zero-order chi connectivity index (χ0) is 16.0. The van der Waals surface area contributed by atoms with E-state index in [1.54, 1.807) is 10.9 Å². The Labute approximate surface area is 126 Å². The minimum absolute atomic E-state index is 0.193. The first kappa shape index (κ1) is 17.4. The molecule has 0 bridgehead atoms. The van der Waals surface area contributed by atoms with Gasteiger partial charge in [0, 0.05) is 12.1 Å². The van der Waals surface area contributed by atoms with Crippen LogP contribution < -0.4 is 0 Å². The third kappa shape index (κ3) is 4.41. The fraction of sp³-hybridized carbons (Fsp3) is 0.625. The molecule has 0 atom stereocenters. The molecule has 0 radical (unpaired) electrons. The monoisotopic (exact) mass is 295 g/mol. The lowest BCUT2D eigenvalue weighted by Crippen LogP contribution is -2.04. The molecule has 2 heterocycles. The molecule has 0 N–H and O–H groups in total. The highest BCUT2D eigenvalue weighted by Crippen LogP contribution is 2.17. The summed E-state index contributed by atoms with van der Waals surface area (Å²) in [6.45, 7) is 13.0. The first-order chi connectivity index (χ1) is 9.92. The molecule has 0 aliphatic carbocycles. The first-order valence-corrected chi connectivity index (χ1v) is 7.56. The van der Waals surface area contributed by atoms with Gasteiger partial charge in [0.25, 0.3) is 0 Å². The van der Waals surface area contributed by atoms with Crippen LogP contribution in [-0.2, 0) is 13.0 Å². The summed E-state index contributed by atoms with van der Waals surface area (Å²) < 4.78 is 19.5. The van der Waals surface area contributed by atoms with Crippen molar-refractivity contribution in [3.63, 3.8) is 0 Å². The van der Waals surface area contributed by atoms with Crippen molar-refractivity contribution in [1.82, 2.24) is 14.9 Å². The van der Waals surface area contributed by atoms with Gasteiger partial charge < -0.3 is 4.52 Å². The summed E-state index contributed by atoms with van der Waals surface area (Å²) in [4.78, 5) is 0. The second-order valence-corrected chi connectivity index (χ2v) is 5.58. The van der Waals surface area contributed by atoms with Crippen LogP contribution >= 0.6 is 0 Å². The van der Waals surface area contributed by atoms with E-state index in [2.05, 4.69) is 31.0 Å². The van der Waals surface area contributed by atoms with E-state index in [9.17, 15) is 4.39 Å². The molecule has 0 saturated carbocycles. The van der Waals surface area contributed by atoms with E-state index >= 15 is 0 Å². The highest BCUT2D eigenvalue weighted by Gasteiger charge is 2.12. The number of hydrogen-bond acceptors (Lipinski definition) is 3. The number of hydrogen-bond donors (Lipinski definition) is 0. The molecule has 5 heteroatoms. The van der Waals surface area contributed by atoms with Crippen molar-refractivity contribution in [3.8, 4) is 0 Å². The van der Waals surface area contributed by atoms with Crippen LogP contribution in [0.25, 0.3) is 0 Å². The summed E-state index contributed by atoms with van der Waals surface area (Å²) >= 11 is 0. The lowest BCUT2D eigenvalue weighted by Gasteiger charge is -2.06. The Hall–Kier alpha value is -1.65. The highest BCUT2D eigenvalue weighted by molar-refractivity contribution is 5.17. The van der Waals surface area contributed by atoms with Crippen molar-refractivity contribution in [2.24, 2.45) is 0 Å². The minimum Gasteiger partial charge on any atom is -0.364 e. The van der Waals surface area contributed by atoms with Gasteiger partial charge in [-0.15, -0.1) is 0 Å². The molecule has 21 heavy (non-hydrogen) atoms. The van der Waals surface area contributed by atoms with Gasteiger partial charge in [-0.3, -0.25) is 4.68 Å². The SMILES string of the molecule is CCc1conc1C(C)C.CCn1ncc(F)c1C(C)C. The third-order valence-corrected chi connectivity index (χ3v) is 3.28. The van der Waals surface area contributed by atoms with Crippen molar-refractivity contribution in [2.75, 3.05) is 0 Å². The molecular formula is C16H26FN3O. The van der Waals surface area contributed by atoms with Gasteiger partial charge in [0.2, 0.25) is 0 Å². The summed E-state index contributed by atoms with van der Waals surface area (Å²) in [5, 5.41) is 7.81. The fourth-order valence-corrected chi connectivity index (χ4v) is 2.20. The summed E-state index contributed by atoms with van der Waals surface area (Å²) in [6.07, 6.45) is 4.02. The highest BCUT2D eigenvalue weighted by atomic mass is 19.1. The van der Waals surface area contributed by atoms with Gasteiger partial charge in [0.15, 0.2) is 5.82 Å². The second kappa shape index (κ2) is 7.96. The molecule has 0 aromatic carbocycles. The first-order valence-electron chi connectivity index (χ1n) is 7.56. The summed E-state index contributed by atoms with van der Waals surface area (Å²) in [5.74, 6) is 0.494. The zero-order valence-corrected chi connectivity index (χ0v) is 13.9. The number of halogens is 1. The topological polar surface area (TPSA) is 43.9 Å². The zero-order valence-electron chi connectivity index (χ0n) is 13.9. The molecule has 2 aromatic rings. The van der Waals surface area contributed by atoms with Crippen LogP contribution in [0.4, 0.5) is 4.39 Å². The molecule has 0 saturated heterocycles. The molecule has 0 aliphatic rings. The smallest absolute Gasteiger partial charge is 0.164 e. The molecule has 0 fully saturated rings. The number of nitrogens with zero attached hydrogens (tertiary/aromatic N) is 3. The van der Waals surface area contributed by atoms with Gasteiger partial charge in [-0.1, -0.05) is 39.8 Å². The van der Waals surface area contributed by atoms with Gasteiger partial charge in [-0.2, -0.15) is 5.10 Å². The minimum atomic E-state index is -0.193. The number of rotatable bonds is 4. The lowest BCUT2D eigenvalue weighted by molar-refractivity contribution is 0.408. The summed E-state index contributed by atoms with van der Waals surface area (Å²) in [7, 11) is 0. The second-order valence-electron chi connectivity index (χ2n) is 5.58. The predicted octanol–water partition coefficient (Wildman–Crippen LogP) is 4.53. The van der Waals surface area contributed by atoms with Crippen LogP contribution in [0.3, 0.4) is 0 Å². The average molecular weight is 295 g/mol. The van der Waals surface area contributed by atoms with E-state index in [1.807, 2.05) is 20.8 Å². The van der Waals surface area contributed by atoms with Gasteiger partial charge in [0.05, 0.1) is 17.6 Å². The molecular weight excluding hydrogens is 269 g/mol. The van der Waals surface area contributed by atoms with Gasteiger partial charge in [0.1, 0.15) is 6.26 Å². The van der Waals surface area contributed by atoms with E-state index < -0.39 is 0 Å². The summed E-state index contributed by atoms with van der Waals surface area (Å²) in [6, 6.07) is 0. The van der Waals surface area contributed by atoms with Crippen LogP contribution in [0, 0.1) is 5.82 Å². The molecule has 118 valence electrons. The van der Waals surface area contributed by atoms with Crippen molar-refractivity contribution < 1.29 is 8.91 Å². The van der Waals surface area contributed by atoms with E-state index in [0.29, 0.717) is 11.6 Å². The summed E-state index contributed by atoms with van der Waals surface area (Å²) in [5.41, 5.74) is 3.03. The van der Waals surface area contributed by atoms with Crippen molar-refractivity contribution >= 4 is 0 Å². The maximum absolute atomic E-state index is 13.0. The van der Waals surface area contributed by atoms with Gasteiger partial charge in [-0.05, 0) is 25.2 Å². The molecule has 0 unspecified atom stereocenters. The largest absolute Gasteiger partial charge is 0.364 e. The molecule has 2 aromatic heterocycles. The molecule has 0 amide bonds. The Morgan fingerprint density at radius 3 is 2.24 bits per heavy atom. The van der Waals surface area contributed by atoms with E-state index in [-0.39, 0.29) is 11.7 Å². The molecule has 2 rings (SSSR count). The maximum atomic E-state index is 13.0. The predicted molar refractivity (Wildman–Crippen MR) is 81.9 cm³/mol. The Morgan fingerprint density at radius 1 is 1.19 bits per heavy atom. The Kier molecular flexibility index (Phi) is 6.59. The Balaban J connectivity index is 0.000000211. The van der Waals surface area contributed by atoms with Gasteiger partial charge >= 0.3 is 0 Å². The molecule has 4 nitrogen and oxygen atoms in total. The number of aromatic nitrogens is 3. The van der Waals surface area contributed by atoms with Crippen LogP contribution in [0.15, 0.2) is 17.0 Å². The van der Waals surface area contributed by atoms with Crippen LogP contribution in [-0.4, -0.2) is 14.9 Å². The van der Waals surface area contributed by atoms with Crippen LogP contribution in [0.5, 0.6) is 0 Å². The molecule has 0 spiro atoms. The van der Waals surface area contributed by atoms with Crippen molar-refractivity contribution in [1.29, 1.82) is 0 Å². The number of aryl methyl sites for hydroxylation is 2. The normalized spacial score (nSPS) is 10.9. The maximum Gasteiger partial charge on any atom is 0.164 e. The van der Waals surface area contributed by atoms with Gasteiger partial charge in [-0.25, -0.2) is 4.39 Å². The quantitative estimate of drug-likeness (QED) is 0.832. The molecule has 0 aliphatic heterocycles. The van der Waals surface area contributed by atoms with Crippen LogP contribution in [0.1, 0.15) is 70.3 Å². The van der Waals surface area contributed by atoms with E-state index in [4.69, 9.17) is 4.52 Å². The Morgan fingerprint density at radius 2 is 1.86 bits per heavy atom. The fourth-order valence-electron chi connectivity index (χ4n) is 2.20. The van der Waals surface area contributed by atoms with Crippen LogP contribution in [0.2, 0.25) is 0 Å². The Bertz CT molecular complexity index is 543. The van der Waals surface area contributed by atoms with Crippen molar-refractivity contribution in [2.45, 2.75) is 66.3 Å². The standard InChI is InChI=1S/C8H13FN2.C8H13NO/c1-4-11-8(6(2)3)7(9)5-10-11;1-4-7-5-10-9-8(7)6(2)3/h5-6H,4H2,1-3H3;5-6H,4H2,1-3H3. The third-order valence-electron chi connectivity index (χ3n) is 3.28. The van der Waals surface area contributed by atoms with Crippen molar-refractivity contribution in [3.05, 3.63) is 35.2 Å². The van der Waals surface area contributed by atoms with E-state index in [1.165, 1.54) is 11.8 Å². The average Bonchev–Trinajstić information content (AvgIpc) is 3.04.